The van der Waals surface area contributed by atoms with E-state index in [1.807, 2.05) is 13.0 Å². The molecule has 6 heteroatoms. The largest absolute Gasteiger partial charge is 0.485 e. The highest BCUT2D eigenvalue weighted by Gasteiger charge is 2.09. The van der Waals surface area contributed by atoms with Crippen LogP contribution in [0.2, 0.25) is 0 Å². The van der Waals surface area contributed by atoms with Gasteiger partial charge in [-0.15, -0.1) is 0 Å². The SMILES string of the molecule is Cc1cc(Br)cc(/C=C/C(=O)O)c1OCc1ccno1. The number of rotatable bonds is 5. The molecule has 0 atom stereocenters. The predicted octanol–water partition coefficient (Wildman–Crippen LogP) is 3.42. The molecule has 0 aliphatic carbocycles. The summed E-state index contributed by atoms with van der Waals surface area (Å²) in [4.78, 5) is 10.6. The van der Waals surface area contributed by atoms with E-state index in [0.29, 0.717) is 17.1 Å². The Hall–Kier alpha value is -2.08. The van der Waals surface area contributed by atoms with Crippen molar-refractivity contribution in [1.29, 1.82) is 0 Å². The minimum absolute atomic E-state index is 0.233. The minimum Gasteiger partial charge on any atom is -0.485 e. The Morgan fingerprint density at radius 1 is 1.55 bits per heavy atom. The minimum atomic E-state index is -1.01. The van der Waals surface area contributed by atoms with Gasteiger partial charge in [-0.3, -0.25) is 0 Å². The summed E-state index contributed by atoms with van der Waals surface area (Å²) in [6.45, 7) is 2.12. The Kier molecular flexibility index (Phi) is 4.57. The Morgan fingerprint density at radius 3 is 3.00 bits per heavy atom. The van der Waals surface area contributed by atoms with Crippen LogP contribution >= 0.6 is 15.9 Å². The van der Waals surface area contributed by atoms with Crippen LogP contribution < -0.4 is 4.74 Å². The molecular formula is C14H12BrNO4. The van der Waals surface area contributed by atoms with Crippen molar-refractivity contribution >= 4 is 28.0 Å². The first kappa shape index (κ1) is 14.3. The van der Waals surface area contributed by atoms with Gasteiger partial charge in [0.05, 0.1) is 6.20 Å². The fourth-order valence-corrected chi connectivity index (χ4v) is 2.29. The van der Waals surface area contributed by atoms with Crippen LogP contribution in [0, 0.1) is 6.92 Å². The van der Waals surface area contributed by atoms with Crippen LogP contribution in [0.25, 0.3) is 6.08 Å². The highest BCUT2D eigenvalue weighted by atomic mass is 79.9. The standard InChI is InChI=1S/C14H12BrNO4/c1-9-6-11(15)7-10(2-3-13(17)18)14(9)19-8-12-4-5-16-20-12/h2-7H,8H2,1H3,(H,17,18)/b3-2+. The molecule has 0 radical (unpaired) electrons. The summed E-state index contributed by atoms with van der Waals surface area (Å²) in [5, 5.41) is 12.3. The fraction of sp³-hybridized carbons (Fsp3) is 0.143. The molecule has 0 saturated carbocycles. The maximum absolute atomic E-state index is 10.6. The summed E-state index contributed by atoms with van der Waals surface area (Å²) in [5.74, 6) is 0.200. The van der Waals surface area contributed by atoms with Crippen molar-refractivity contribution in [3.63, 3.8) is 0 Å². The molecule has 0 saturated heterocycles. The molecule has 0 fully saturated rings. The van der Waals surface area contributed by atoms with E-state index in [1.54, 1.807) is 18.3 Å². The summed E-state index contributed by atoms with van der Waals surface area (Å²) >= 11 is 3.38. The van der Waals surface area contributed by atoms with Crippen molar-refractivity contribution in [3.05, 3.63) is 51.8 Å². The zero-order valence-electron chi connectivity index (χ0n) is 10.7. The Labute approximate surface area is 124 Å². The molecule has 0 aliphatic heterocycles. The first-order chi connectivity index (χ1) is 9.56. The number of nitrogens with zero attached hydrogens (tertiary/aromatic N) is 1. The number of halogens is 1. The fourth-order valence-electron chi connectivity index (χ4n) is 1.70. The number of carboxylic acids is 1. The smallest absolute Gasteiger partial charge is 0.328 e. The van der Waals surface area contributed by atoms with Crippen molar-refractivity contribution in [3.8, 4) is 5.75 Å². The van der Waals surface area contributed by atoms with Gasteiger partial charge in [-0.25, -0.2) is 4.79 Å². The van der Waals surface area contributed by atoms with Gasteiger partial charge in [0, 0.05) is 22.2 Å². The molecule has 0 amide bonds. The first-order valence-electron chi connectivity index (χ1n) is 5.80. The van der Waals surface area contributed by atoms with Gasteiger partial charge in [-0.2, -0.15) is 0 Å². The number of carbonyl (C=O) groups is 1. The number of hydrogen-bond donors (Lipinski definition) is 1. The normalized spacial score (nSPS) is 10.9. The Bertz CT molecular complexity index is 635. The third-order valence-electron chi connectivity index (χ3n) is 2.52. The average molecular weight is 338 g/mol. The second-order valence-electron chi connectivity index (χ2n) is 4.08. The molecule has 1 heterocycles. The van der Waals surface area contributed by atoms with Crippen molar-refractivity contribution in [2.75, 3.05) is 0 Å². The van der Waals surface area contributed by atoms with Crippen molar-refractivity contribution in [2.45, 2.75) is 13.5 Å². The van der Waals surface area contributed by atoms with Crippen LogP contribution in [0.4, 0.5) is 0 Å². The molecule has 0 unspecified atom stereocenters. The Balaban J connectivity index is 2.27. The topological polar surface area (TPSA) is 72.6 Å². The highest BCUT2D eigenvalue weighted by Crippen LogP contribution is 2.29. The molecule has 0 aliphatic rings. The first-order valence-corrected chi connectivity index (χ1v) is 6.59. The van der Waals surface area contributed by atoms with Gasteiger partial charge in [0.2, 0.25) is 0 Å². The molecule has 1 aromatic carbocycles. The van der Waals surface area contributed by atoms with E-state index in [4.69, 9.17) is 14.4 Å². The molecule has 104 valence electrons. The zero-order chi connectivity index (χ0) is 14.5. The molecule has 1 aromatic heterocycles. The molecule has 2 rings (SSSR count). The quantitative estimate of drug-likeness (QED) is 0.846. The lowest BCUT2D eigenvalue weighted by molar-refractivity contribution is -0.131. The number of ether oxygens (including phenoxy) is 1. The maximum Gasteiger partial charge on any atom is 0.328 e. The number of benzene rings is 1. The van der Waals surface area contributed by atoms with Gasteiger partial charge in [0.25, 0.3) is 0 Å². The van der Waals surface area contributed by atoms with E-state index >= 15 is 0 Å². The van der Waals surface area contributed by atoms with Gasteiger partial charge in [0.15, 0.2) is 5.76 Å². The van der Waals surface area contributed by atoms with E-state index in [1.165, 1.54) is 6.08 Å². The summed E-state index contributed by atoms with van der Waals surface area (Å²) in [6.07, 6.45) is 4.11. The predicted molar refractivity (Wildman–Crippen MR) is 76.4 cm³/mol. The van der Waals surface area contributed by atoms with Gasteiger partial charge in [-0.05, 0) is 30.7 Å². The average Bonchev–Trinajstić information content (AvgIpc) is 2.88. The number of carboxylic acid groups (broad SMARTS) is 1. The third-order valence-corrected chi connectivity index (χ3v) is 2.98. The van der Waals surface area contributed by atoms with E-state index in [0.717, 1.165) is 16.1 Å². The van der Waals surface area contributed by atoms with Crippen molar-refractivity contribution in [2.24, 2.45) is 0 Å². The summed E-state index contributed by atoms with van der Waals surface area (Å²) in [5.41, 5.74) is 1.57. The van der Waals surface area contributed by atoms with E-state index in [2.05, 4.69) is 21.1 Å². The van der Waals surface area contributed by atoms with Gasteiger partial charge in [0.1, 0.15) is 12.4 Å². The molecule has 2 aromatic rings. The third kappa shape index (κ3) is 3.71. The summed E-state index contributed by atoms with van der Waals surface area (Å²) < 4.78 is 11.5. The Morgan fingerprint density at radius 2 is 2.35 bits per heavy atom. The number of aromatic nitrogens is 1. The lowest BCUT2D eigenvalue weighted by Crippen LogP contribution is -1.98. The van der Waals surface area contributed by atoms with Crippen LogP contribution in [-0.2, 0) is 11.4 Å². The van der Waals surface area contributed by atoms with E-state index in [-0.39, 0.29) is 6.61 Å². The van der Waals surface area contributed by atoms with Crippen LogP contribution in [0.5, 0.6) is 5.75 Å². The zero-order valence-corrected chi connectivity index (χ0v) is 12.3. The summed E-state index contributed by atoms with van der Waals surface area (Å²) in [6, 6.07) is 5.40. The van der Waals surface area contributed by atoms with Gasteiger partial charge >= 0.3 is 5.97 Å². The van der Waals surface area contributed by atoms with Gasteiger partial charge in [-0.1, -0.05) is 21.1 Å². The van der Waals surface area contributed by atoms with E-state index < -0.39 is 5.97 Å². The van der Waals surface area contributed by atoms with Crippen molar-refractivity contribution in [1.82, 2.24) is 5.16 Å². The lowest BCUT2D eigenvalue weighted by atomic mass is 10.1. The number of aliphatic carboxylic acids is 1. The maximum atomic E-state index is 10.6. The van der Waals surface area contributed by atoms with Crippen LogP contribution in [-0.4, -0.2) is 16.2 Å². The molecule has 1 N–H and O–H groups in total. The molecule has 20 heavy (non-hydrogen) atoms. The van der Waals surface area contributed by atoms with Gasteiger partial charge < -0.3 is 14.4 Å². The van der Waals surface area contributed by atoms with Crippen LogP contribution in [0.1, 0.15) is 16.9 Å². The lowest BCUT2D eigenvalue weighted by Gasteiger charge is -2.11. The highest BCUT2D eigenvalue weighted by molar-refractivity contribution is 9.10. The van der Waals surface area contributed by atoms with Crippen molar-refractivity contribution < 1.29 is 19.2 Å². The van der Waals surface area contributed by atoms with Crippen LogP contribution in [0.3, 0.4) is 0 Å². The number of aryl methyl sites for hydroxylation is 1. The molecule has 0 bridgehead atoms. The summed E-state index contributed by atoms with van der Waals surface area (Å²) in [7, 11) is 0. The second-order valence-corrected chi connectivity index (χ2v) is 5.00. The second kappa shape index (κ2) is 6.38. The monoisotopic (exact) mass is 337 g/mol. The van der Waals surface area contributed by atoms with Crippen LogP contribution in [0.15, 0.2) is 39.5 Å². The number of hydrogen-bond acceptors (Lipinski definition) is 4. The molecule has 5 nitrogen and oxygen atoms in total. The molecular weight excluding hydrogens is 326 g/mol. The van der Waals surface area contributed by atoms with E-state index in [9.17, 15) is 4.79 Å². The molecule has 0 spiro atoms.